The highest BCUT2D eigenvalue weighted by Crippen LogP contribution is 2.27. The van der Waals surface area contributed by atoms with E-state index in [0.29, 0.717) is 25.4 Å². The van der Waals surface area contributed by atoms with Crippen molar-refractivity contribution in [1.29, 1.82) is 0 Å². The van der Waals surface area contributed by atoms with Gasteiger partial charge in [-0.2, -0.15) is 4.31 Å². The predicted octanol–water partition coefficient (Wildman–Crippen LogP) is -0.437. The molecule has 0 bridgehead atoms. The zero-order valence-electron chi connectivity index (χ0n) is 16.6. The maximum absolute atomic E-state index is 13.1. The molecule has 29 heavy (non-hydrogen) atoms. The summed E-state index contributed by atoms with van der Waals surface area (Å²) in [6, 6.07) is 6.47. The quantitative estimate of drug-likeness (QED) is 0.550. The maximum atomic E-state index is 13.1. The van der Waals surface area contributed by atoms with Gasteiger partial charge in [0, 0.05) is 0 Å². The SMILES string of the molecule is NC(=O)[C@H](CC1CCCCC1)NC(=O)[C@H]1C[NH2+]CCN1S(=O)(=O)c1ccccc1. The van der Waals surface area contributed by atoms with E-state index in [-0.39, 0.29) is 11.4 Å². The van der Waals surface area contributed by atoms with E-state index < -0.39 is 33.9 Å². The van der Waals surface area contributed by atoms with Crippen LogP contribution in [0, 0.1) is 5.92 Å². The first kappa shape index (κ1) is 21.7. The van der Waals surface area contributed by atoms with Gasteiger partial charge >= 0.3 is 0 Å². The number of benzene rings is 1. The van der Waals surface area contributed by atoms with E-state index in [1.807, 2.05) is 5.32 Å². The lowest BCUT2D eigenvalue weighted by atomic mass is 9.84. The van der Waals surface area contributed by atoms with Gasteiger partial charge in [-0.3, -0.25) is 9.59 Å². The smallest absolute Gasteiger partial charge is 0.244 e. The van der Waals surface area contributed by atoms with Crippen LogP contribution in [0.4, 0.5) is 0 Å². The highest BCUT2D eigenvalue weighted by molar-refractivity contribution is 7.89. The minimum absolute atomic E-state index is 0.161. The van der Waals surface area contributed by atoms with E-state index >= 15 is 0 Å². The number of nitrogens with one attached hydrogen (secondary N) is 1. The molecule has 1 aromatic carbocycles. The third-order valence-electron chi connectivity index (χ3n) is 5.90. The second kappa shape index (κ2) is 9.69. The molecule has 2 atom stereocenters. The third kappa shape index (κ3) is 5.34. The number of carbonyl (C=O) groups is 2. The van der Waals surface area contributed by atoms with Gasteiger partial charge in [0.05, 0.1) is 18.0 Å². The van der Waals surface area contributed by atoms with Crippen molar-refractivity contribution in [2.24, 2.45) is 11.7 Å². The van der Waals surface area contributed by atoms with Gasteiger partial charge < -0.3 is 16.4 Å². The first-order valence-electron chi connectivity index (χ1n) is 10.4. The molecule has 160 valence electrons. The summed E-state index contributed by atoms with van der Waals surface area (Å²) in [6.07, 6.45) is 6.05. The first-order chi connectivity index (χ1) is 13.9. The topological polar surface area (TPSA) is 126 Å². The molecule has 0 spiro atoms. The molecule has 5 N–H and O–H groups in total. The van der Waals surface area contributed by atoms with Crippen LogP contribution >= 0.6 is 0 Å². The Bertz CT molecular complexity index is 809. The third-order valence-corrected chi connectivity index (χ3v) is 7.82. The standard InChI is InChI=1S/C20H30N4O4S/c21-19(25)17(13-15-7-3-1-4-8-15)23-20(26)18-14-22-11-12-24(18)29(27,28)16-9-5-2-6-10-16/h2,5-6,9-10,15,17-18,22H,1,3-4,7-8,11-14H2,(H2,21,25)(H,23,26)/p+1/t17-,18+/m0/s1. The van der Waals surface area contributed by atoms with Crippen LogP contribution in [0.3, 0.4) is 0 Å². The van der Waals surface area contributed by atoms with Gasteiger partial charge in [0.15, 0.2) is 6.04 Å². The Morgan fingerprint density at radius 1 is 1.17 bits per heavy atom. The van der Waals surface area contributed by atoms with Gasteiger partial charge in [0.2, 0.25) is 21.8 Å². The number of quaternary nitrogens is 1. The Morgan fingerprint density at radius 2 is 1.86 bits per heavy atom. The van der Waals surface area contributed by atoms with Crippen molar-refractivity contribution in [3.8, 4) is 0 Å². The first-order valence-corrected chi connectivity index (χ1v) is 11.8. The number of nitrogens with zero attached hydrogens (tertiary/aromatic N) is 1. The van der Waals surface area contributed by atoms with Crippen LogP contribution in [0.2, 0.25) is 0 Å². The average molecular weight is 424 g/mol. The summed E-state index contributed by atoms with van der Waals surface area (Å²) in [6.45, 7) is 1.13. The van der Waals surface area contributed by atoms with Crippen molar-refractivity contribution in [2.45, 2.75) is 55.5 Å². The van der Waals surface area contributed by atoms with Gasteiger partial charge in [-0.25, -0.2) is 8.42 Å². The fourth-order valence-electron chi connectivity index (χ4n) is 4.29. The van der Waals surface area contributed by atoms with Crippen LogP contribution < -0.4 is 16.4 Å². The van der Waals surface area contributed by atoms with Crippen molar-refractivity contribution < 1.29 is 23.3 Å². The summed E-state index contributed by atoms with van der Waals surface area (Å²) in [5.41, 5.74) is 5.55. The van der Waals surface area contributed by atoms with Crippen LogP contribution in [-0.4, -0.2) is 56.3 Å². The van der Waals surface area contributed by atoms with Crippen LogP contribution in [0.5, 0.6) is 0 Å². The Kier molecular flexibility index (Phi) is 7.26. The second-order valence-corrected chi connectivity index (χ2v) is 9.85. The summed E-state index contributed by atoms with van der Waals surface area (Å²) in [5.74, 6) is -0.662. The van der Waals surface area contributed by atoms with E-state index in [4.69, 9.17) is 5.73 Å². The van der Waals surface area contributed by atoms with Crippen LogP contribution in [0.1, 0.15) is 38.5 Å². The van der Waals surface area contributed by atoms with Crippen molar-refractivity contribution in [1.82, 2.24) is 9.62 Å². The van der Waals surface area contributed by atoms with E-state index in [1.165, 1.54) is 22.9 Å². The molecule has 3 rings (SSSR count). The number of hydrogen-bond donors (Lipinski definition) is 3. The summed E-state index contributed by atoms with van der Waals surface area (Å²) in [4.78, 5) is 25.1. The van der Waals surface area contributed by atoms with E-state index in [2.05, 4.69) is 5.32 Å². The van der Waals surface area contributed by atoms with Gasteiger partial charge in [-0.05, 0) is 24.5 Å². The number of piperazine rings is 1. The van der Waals surface area contributed by atoms with E-state index in [9.17, 15) is 18.0 Å². The molecular weight excluding hydrogens is 392 g/mol. The Labute approximate surface area is 172 Å². The Balaban J connectivity index is 1.73. The minimum atomic E-state index is -3.80. The molecule has 8 nitrogen and oxygen atoms in total. The zero-order valence-corrected chi connectivity index (χ0v) is 17.4. The molecule has 2 aliphatic rings. The Hall–Kier alpha value is -1.97. The number of primary amides is 1. The number of carbonyl (C=O) groups excluding carboxylic acids is 2. The monoisotopic (exact) mass is 423 g/mol. The molecule has 9 heteroatoms. The molecule has 0 radical (unpaired) electrons. The minimum Gasteiger partial charge on any atom is -0.368 e. The zero-order chi connectivity index (χ0) is 20.9. The largest absolute Gasteiger partial charge is 0.368 e. The lowest BCUT2D eigenvalue weighted by Crippen LogP contribution is -2.92. The molecule has 2 fully saturated rings. The molecule has 2 amide bonds. The number of hydrogen-bond acceptors (Lipinski definition) is 4. The molecule has 1 saturated carbocycles. The fraction of sp³-hybridized carbons (Fsp3) is 0.600. The van der Waals surface area contributed by atoms with Crippen LogP contribution in [0.15, 0.2) is 35.2 Å². The van der Waals surface area contributed by atoms with E-state index in [1.54, 1.807) is 18.2 Å². The number of sulfonamides is 1. The molecule has 1 heterocycles. The molecular formula is C20H31N4O4S+. The van der Waals surface area contributed by atoms with Crippen molar-refractivity contribution in [2.75, 3.05) is 19.6 Å². The normalized spacial score (nSPS) is 22.7. The van der Waals surface area contributed by atoms with Crippen molar-refractivity contribution in [3.63, 3.8) is 0 Å². The summed E-state index contributed by atoms with van der Waals surface area (Å²) < 4.78 is 27.4. The fourth-order valence-corrected chi connectivity index (χ4v) is 5.93. The average Bonchev–Trinajstić information content (AvgIpc) is 2.74. The summed E-state index contributed by atoms with van der Waals surface area (Å²) in [7, 11) is -3.80. The lowest BCUT2D eigenvalue weighted by molar-refractivity contribution is -0.664. The molecule has 1 aromatic rings. The van der Waals surface area contributed by atoms with Gasteiger partial charge in [0.1, 0.15) is 12.6 Å². The number of rotatable bonds is 7. The molecule has 1 aliphatic carbocycles. The maximum Gasteiger partial charge on any atom is 0.244 e. The molecule has 0 unspecified atom stereocenters. The molecule has 1 saturated heterocycles. The van der Waals surface area contributed by atoms with Crippen LogP contribution in [-0.2, 0) is 19.6 Å². The highest BCUT2D eigenvalue weighted by Gasteiger charge is 2.40. The predicted molar refractivity (Wildman–Crippen MR) is 108 cm³/mol. The Morgan fingerprint density at radius 3 is 2.52 bits per heavy atom. The number of amides is 2. The van der Waals surface area contributed by atoms with Gasteiger partial charge in [-0.15, -0.1) is 0 Å². The number of nitrogens with two attached hydrogens (primary N) is 2. The van der Waals surface area contributed by atoms with Crippen LogP contribution in [0.25, 0.3) is 0 Å². The van der Waals surface area contributed by atoms with Crippen molar-refractivity contribution in [3.05, 3.63) is 30.3 Å². The summed E-state index contributed by atoms with van der Waals surface area (Å²) >= 11 is 0. The van der Waals surface area contributed by atoms with Gasteiger partial charge in [-0.1, -0.05) is 50.3 Å². The molecule has 1 aliphatic heterocycles. The molecule has 0 aromatic heterocycles. The second-order valence-electron chi connectivity index (χ2n) is 7.96. The summed E-state index contributed by atoms with van der Waals surface area (Å²) in [5, 5.41) is 4.67. The van der Waals surface area contributed by atoms with Crippen molar-refractivity contribution >= 4 is 21.8 Å². The van der Waals surface area contributed by atoms with Gasteiger partial charge in [0.25, 0.3) is 0 Å². The highest BCUT2D eigenvalue weighted by atomic mass is 32.2. The van der Waals surface area contributed by atoms with E-state index in [0.717, 1.165) is 25.7 Å². The lowest BCUT2D eigenvalue weighted by Gasteiger charge is -2.33.